The minimum Gasteiger partial charge on any atom is -0.338 e. The molecular weight excluding hydrogens is 331 g/mol. The fourth-order valence-corrected chi connectivity index (χ4v) is 3.48. The highest BCUT2D eigenvalue weighted by atomic mass is 35.5. The van der Waals surface area contributed by atoms with Gasteiger partial charge in [-0.05, 0) is 43.9 Å². The third kappa shape index (κ3) is 3.70. The summed E-state index contributed by atoms with van der Waals surface area (Å²) in [4.78, 5) is 11.4. The molecule has 1 atom stereocenters. The Balaban J connectivity index is 1.85. The van der Waals surface area contributed by atoms with Gasteiger partial charge in [0.1, 0.15) is 5.82 Å². The molecule has 4 nitrogen and oxygen atoms in total. The van der Waals surface area contributed by atoms with Crippen molar-refractivity contribution in [1.29, 1.82) is 0 Å². The Labute approximate surface area is 146 Å². The Morgan fingerprint density at radius 3 is 2.74 bits per heavy atom. The summed E-state index contributed by atoms with van der Waals surface area (Å²) in [5.41, 5.74) is 0.672. The minimum atomic E-state index is 0.517. The number of para-hydroxylation sites is 1. The molecule has 1 aromatic heterocycles. The van der Waals surface area contributed by atoms with E-state index in [0.29, 0.717) is 27.6 Å². The molecule has 1 N–H and O–H groups in total. The number of aromatic nitrogens is 2. The van der Waals surface area contributed by atoms with Crippen LogP contribution in [0.15, 0.2) is 30.5 Å². The first-order valence-electron chi connectivity index (χ1n) is 7.99. The normalized spacial score (nSPS) is 18.0. The Bertz CT molecular complexity index is 657. The predicted octanol–water partition coefficient (Wildman–Crippen LogP) is 5.30. The third-order valence-electron chi connectivity index (χ3n) is 4.21. The molecule has 0 bridgehead atoms. The van der Waals surface area contributed by atoms with Gasteiger partial charge in [-0.1, -0.05) is 36.2 Å². The molecule has 1 aliphatic heterocycles. The van der Waals surface area contributed by atoms with Gasteiger partial charge in [0.25, 0.3) is 0 Å². The van der Waals surface area contributed by atoms with Crippen LogP contribution in [0.2, 0.25) is 10.0 Å². The van der Waals surface area contributed by atoms with Gasteiger partial charge in [-0.15, -0.1) is 0 Å². The van der Waals surface area contributed by atoms with Crippen LogP contribution in [-0.4, -0.2) is 22.6 Å². The summed E-state index contributed by atoms with van der Waals surface area (Å²) in [6.07, 6.45) is 6.55. The molecule has 0 aliphatic carbocycles. The number of anilines is 3. The van der Waals surface area contributed by atoms with Crippen LogP contribution in [0.5, 0.6) is 0 Å². The zero-order valence-corrected chi connectivity index (χ0v) is 14.6. The van der Waals surface area contributed by atoms with E-state index in [0.717, 1.165) is 18.9 Å². The summed E-state index contributed by atoms with van der Waals surface area (Å²) in [5, 5.41) is 4.35. The zero-order chi connectivity index (χ0) is 16.2. The van der Waals surface area contributed by atoms with Crippen LogP contribution in [0.1, 0.15) is 32.6 Å². The van der Waals surface area contributed by atoms with E-state index in [1.54, 1.807) is 18.3 Å². The molecule has 122 valence electrons. The lowest BCUT2D eigenvalue weighted by Gasteiger charge is -2.35. The van der Waals surface area contributed by atoms with E-state index in [2.05, 4.69) is 27.1 Å². The first-order valence-corrected chi connectivity index (χ1v) is 8.75. The van der Waals surface area contributed by atoms with Crippen molar-refractivity contribution < 1.29 is 0 Å². The number of hydrogen-bond acceptors (Lipinski definition) is 4. The van der Waals surface area contributed by atoms with Gasteiger partial charge in [0.2, 0.25) is 5.95 Å². The van der Waals surface area contributed by atoms with Crippen LogP contribution >= 0.6 is 23.2 Å². The molecule has 1 aliphatic rings. The number of halogens is 2. The molecule has 3 rings (SSSR count). The monoisotopic (exact) mass is 350 g/mol. The van der Waals surface area contributed by atoms with Gasteiger partial charge >= 0.3 is 0 Å². The van der Waals surface area contributed by atoms with Gasteiger partial charge in [-0.3, -0.25) is 0 Å². The summed E-state index contributed by atoms with van der Waals surface area (Å²) in [7, 11) is 0. The Hall–Kier alpha value is -1.52. The largest absolute Gasteiger partial charge is 0.338 e. The molecule has 2 aromatic rings. The summed E-state index contributed by atoms with van der Waals surface area (Å²) < 4.78 is 0. The molecule has 1 unspecified atom stereocenters. The predicted molar refractivity (Wildman–Crippen MR) is 97.1 cm³/mol. The van der Waals surface area contributed by atoms with E-state index in [1.165, 1.54) is 19.3 Å². The molecule has 0 amide bonds. The highest BCUT2D eigenvalue weighted by Crippen LogP contribution is 2.32. The fourth-order valence-electron chi connectivity index (χ4n) is 2.99. The van der Waals surface area contributed by atoms with E-state index >= 15 is 0 Å². The smallest absolute Gasteiger partial charge is 0.227 e. The lowest BCUT2D eigenvalue weighted by Crippen LogP contribution is -2.40. The van der Waals surface area contributed by atoms with Crippen LogP contribution in [0.25, 0.3) is 0 Å². The van der Waals surface area contributed by atoms with Crippen molar-refractivity contribution in [2.24, 2.45) is 0 Å². The van der Waals surface area contributed by atoms with E-state index in [9.17, 15) is 0 Å². The molecule has 6 heteroatoms. The molecule has 1 fully saturated rings. The second-order valence-corrected chi connectivity index (χ2v) is 6.53. The maximum absolute atomic E-state index is 6.21. The van der Waals surface area contributed by atoms with Crippen LogP contribution < -0.4 is 10.2 Å². The lowest BCUT2D eigenvalue weighted by molar-refractivity contribution is 0.443. The molecule has 2 heterocycles. The quantitative estimate of drug-likeness (QED) is 0.812. The van der Waals surface area contributed by atoms with Crippen LogP contribution in [0.3, 0.4) is 0 Å². The number of piperidine rings is 1. The van der Waals surface area contributed by atoms with Crippen molar-refractivity contribution in [3.05, 3.63) is 40.5 Å². The first kappa shape index (κ1) is 16.3. The summed E-state index contributed by atoms with van der Waals surface area (Å²) in [6, 6.07) is 7.77. The molecule has 23 heavy (non-hydrogen) atoms. The van der Waals surface area contributed by atoms with Gasteiger partial charge in [0, 0.05) is 18.8 Å². The second kappa shape index (κ2) is 7.37. The van der Waals surface area contributed by atoms with Crippen molar-refractivity contribution in [2.45, 2.75) is 38.6 Å². The second-order valence-electron chi connectivity index (χ2n) is 5.71. The van der Waals surface area contributed by atoms with Crippen molar-refractivity contribution >= 4 is 40.7 Å². The van der Waals surface area contributed by atoms with Crippen LogP contribution in [-0.2, 0) is 0 Å². The van der Waals surface area contributed by atoms with Crippen molar-refractivity contribution in [2.75, 3.05) is 16.8 Å². The van der Waals surface area contributed by atoms with Gasteiger partial charge < -0.3 is 10.2 Å². The Kier molecular flexibility index (Phi) is 5.23. The fraction of sp³-hybridized carbons (Fsp3) is 0.412. The van der Waals surface area contributed by atoms with Gasteiger partial charge in [0.05, 0.1) is 15.7 Å². The summed E-state index contributed by atoms with van der Waals surface area (Å²) in [6.45, 7) is 3.23. The van der Waals surface area contributed by atoms with Crippen molar-refractivity contribution in [3.8, 4) is 0 Å². The highest BCUT2D eigenvalue weighted by molar-refractivity contribution is 6.39. The lowest BCUT2D eigenvalue weighted by atomic mass is 10.0. The van der Waals surface area contributed by atoms with Gasteiger partial charge in [-0.25, -0.2) is 4.98 Å². The Morgan fingerprint density at radius 2 is 2.00 bits per heavy atom. The maximum Gasteiger partial charge on any atom is 0.227 e. The number of nitrogens with one attached hydrogen (secondary N) is 1. The molecular formula is C17H20Cl2N4. The minimum absolute atomic E-state index is 0.517. The number of nitrogens with zero attached hydrogens (tertiary/aromatic N) is 3. The number of hydrogen-bond donors (Lipinski definition) is 1. The number of rotatable bonds is 4. The zero-order valence-electron chi connectivity index (χ0n) is 13.1. The van der Waals surface area contributed by atoms with E-state index in [1.807, 2.05) is 12.1 Å². The third-order valence-corrected chi connectivity index (χ3v) is 4.84. The van der Waals surface area contributed by atoms with Crippen molar-refractivity contribution in [3.63, 3.8) is 0 Å². The molecule has 0 spiro atoms. The maximum atomic E-state index is 6.21. The summed E-state index contributed by atoms with van der Waals surface area (Å²) >= 11 is 12.4. The summed E-state index contributed by atoms with van der Waals surface area (Å²) in [5.74, 6) is 1.47. The SMILES string of the molecule is CCC1CCCCN1c1nccc(Nc2c(Cl)cccc2Cl)n1. The molecule has 0 saturated carbocycles. The number of benzene rings is 1. The molecule has 0 radical (unpaired) electrons. The molecule has 1 saturated heterocycles. The molecule has 1 aromatic carbocycles. The highest BCUT2D eigenvalue weighted by Gasteiger charge is 2.23. The van der Waals surface area contributed by atoms with E-state index in [4.69, 9.17) is 23.2 Å². The topological polar surface area (TPSA) is 41.1 Å². The van der Waals surface area contributed by atoms with Gasteiger partial charge in [0.15, 0.2) is 0 Å². The standard InChI is InChI=1S/C17H20Cl2N4/c1-2-12-6-3-4-11-23(12)17-20-10-9-15(22-17)21-16-13(18)7-5-8-14(16)19/h5,7-10,12H,2-4,6,11H2,1H3,(H,20,21,22). The van der Waals surface area contributed by atoms with Crippen LogP contribution in [0.4, 0.5) is 17.5 Å². The van der Waals surface area contributed by atoms with Gasteiger partial charge in [-0.2, -0.15) is 4.98 Å². The first-order chi connectivity index (χ1) is 11.2. The Morgan fingerprint density at radius 1 is 1.22 bits per heavy atom. The van der Waals surface area contributed by atoms with E-state index < -0.39 is 0 Å². The average Bonchev–Trinajstić information content (AvgIpc) is 2.58. The van der Waals surface area contributed by atoms with Crippen LogP contribution in [0, 0.1) is 0 Å². The van der Waals surface area contributed by atoms with E-state index in [-0.39, 0.29) is 0 Å². The van der Waals surface area contributed by atoms with Crippen molar-refractivity contribution in [1.82, 2.24) is 9.97 Å². The average molecular weight is 351 g/mol.